The number of rotatable bonds is 2. The molecule has 1 aromatic rings. The summed E-state index contributed by atoms with van der Waals surface area (Å²) in [4.78, 5) is 2.56. The summed E-state index contributed by atoms with van der Waals surface area (Å²) in [7, 11) is 1.77. The van der Waals surface area contributed by atoms with E-state index in [1.165, 1.54) is 30.5 Å². The molecule has 0 bridgehead atoms. The summed E-state index contributed by atoms with van der Waals surface area (Å²) >= 11 is 0. The summed E-state index contributed by atoms with van der Waals surface area (Å²) in [5, 5.41) is 3.63. The molecule has 1 aromatic carbocycles. The summed E-state index contributed by atoms with van der Waals surface area (Å²) in [6.45, 7) is 4.46. The van der Waals surface area contributed by atoms with Gasteiger partial charge in [-0.2, -0.15) is 0 Å². The third-order valence-electron chi connectivity index (χ3n) is 4.27. The van der Waals surface area contributed by atoms with Crippen molar-refractivity contribution in [3.63, 3.8) is 0 Å². The van der Waals surface area contributed by atoms with E-state index in [0.29, 0.717) is 12.1 Å². The number of ether oxygens (including phenoxy) is 1. The number of anilines is 1. The highest BCUT2D eigenvalue weighted by Gasteiger charge is 2.35. The van der Waals surface area contributed by atoms with Crippen LogP contribution in [0.3, 0.4) is 0 Å². The number of methoxy groups -OCH3 is 1. The van der Waals surface area contributed by atoms with E-state index >= 15 is 0 Å². The minimum atomic E-state index is 0.648. The Hall–Kier alpha value is -1.22. The molecule has 2 heterocycles. The van der Waals surface area contributed by atoms with Crippen molar-refractivity contribution in [1.29, 1.82) is 0 Å². The topological polar surface area (TPSA) is 24.5 Å². The van der Waals surface area contributed by atoms with Gasteiger partial charge in [-0.3, -0.25) is 0 Å². The summed E-state index contributed by atoms with van der Waals surface area (Å²) in [6.07, 6.45) is 3.84. The Kier molecular flexibility index (Phi) is 3.16. The zero-order valence-electron chi connectivity index (χ0n) is 11.3. The van der Waals surface area contributed by atoms with Crippen LogP contribution in [-0.2, 0) is 0 Å². The predicted molar refractivity (Wildman–Crippen MR) is 74.5 cm³/mol. The lowest BCUT2D eigenvalue weighted by atomic mass is 9.96. The van der Waals surface area contributed by atoms with Crippen molar-refractivity contribution in [1.82, 2.24) is 5.32 Å². The van der Waals surface area contributed by atoms with Crippen LogP contribution in [0.4, 0.5) is 5.69 Å². The molecule has 0 saturated carbocycles. The van der Waals surface area contributed by atoms with E-state index in [0.717, 1.165) is 18.8 Å². The van der Waals surface area contributed by atoms with Crippen LogP contribution in [0.5, 0.6) is 5.75 Å². The third kappa shape index (κ3) is 1.97. The van der Waals surface area contributed by atoms with E-state index in [2.05, 4.69) is 35.3 Å². The maximum absolute atomic E-state index is 5.54. The van der Waals surface area contributed by atoms with Crippen LogP contribution in [0.15, 0.2) is 18.2 Å². The van der Waals surface area contributed by atoms with Crippen LogP contribution in [0.25, 0.3) is 0 Å². The van der Waals surface area contributed by atoms with Gasteiger partial charge in [0.1, 0.15) is 5.75 Å². The molecule has 2 aliphatic heterocycles. The second-order valence-corrected chi connectivity index (χ2v) is 5.43. The molecule has 0 amide bonds. The van der Waals surface area contributed by atoms with Gasteiger partial charge in [0.25, 0.3) is 0 Å². The van der Waals surface area contributed by atoms with Crippen molar-refractivity contribution < 1.29 is 4.74 Å². The molecule has 3 heteroatoms. The smallest absolute Gasteiger partial charge is 0.142 e. The Morgan fingerprint density at radius 3 is 3.06 bits per heavy atom. The van der Waals surface area contributed by atoms with Gasteiger partial charge >= 0.3 is 0 Å². The van der Waals surface area contributed by atoms with E-state index in [1.54, 1.807) is 7.11 Å². The molecule has 2 fully saturated rings. The van der Waals surface area contributed by atoms with Crippen LogP contribution in [0.1, 0.15) is 24.8 Å². The fourth-order valence-electron chi connectivity index (χ4n) is 3.39. The standard InChI is InChI=1S/C15H22N2O/c1-11-5-6-15(18-2)14(10-11)17-9-3-4-12-13(17)7-8-16-12/h5-6,10,12-13,16H,3-4,7-9H2,1-2H3. The largest absolute Gasteiger partial charge is 0.495 e. The molecule has 2 saturated heterocycles. The van der Waals surface area contributed by atoms with Gasteiger partial charge in [0.2, 0.25) is 0 Å². The third-order valence-corrected chi connectivity index (χ3v) is 4.27. The van der Waals surface area contributed by atoms with Gasteiger partial charge in [-0.05, 0) is 50.4 Å². The van der Waals surface area contributed by atoms with E-state index in [4.69, 9.17) is 4.74 Å². The van der Waals surface area contributed by atoms with Crippen molar-refractivity contribution in [2.45, 2.75) is 38.3 Å². The van der Waals surface area contributed by atoms with Gasteiger partial charge in [-0.15, -0.1) is 0 Å². The molecule has 3 rings (SSSR count). The number of hydrogen-bond acceptors (Lipinski definition) is 3. The molecule has 0 spiro atoms. The Morgan fingerprint density at radius 2 is 2.22 bits per heavy atom. The number of hydrogen-bond donors (Lipinski definition) is 1. The molecule has 98 valence electrons. The Balaban J connectivity index is 1.95. The SMILES string of the molecule is COc1ccc(C)cc1N1CCCC2NCCC21. The van der Waals surface area contributed by atoms with Crippen LogP contribution >= 0.6 is 0 Å². The number of fused-ring (bicyclic) bond motifs is 1. The summed E-state index contributed by atoms with van der Waals surface area (Å²) in [5.41, 5.74) is 2.58. The molecule has 3 nitrogen and oxygen atoms in total. The molecule has 18 heavy (non-hydrogen) atoms. The fourth-order valence-corrected chi connectivity index (χ4v) is 3.39. The number of nitrogens with zero attached hydrogens (tertiary/aromatic N) is 1. The van der Waals surface area contributed by atoms with Gasteiger partial charge < -0.3 is 15.0 Å². The highest BCUT2D eigenvalue weighted by atomic mass is 16.5. The van der Waals surface area contributed by atoms with E-state index < -0.39 is 0 Å². The minimum absolute atomic E-state index is 0.648. The molecule has 0 aliphatic carbocycles. The van der Waals surface area contributed by atoms with Crippen LogP contribution in [0, 0.1) is 6.92 Å². The monoisotopic (exact) mass is 246 g/mol. The van der Waals surface area contributed by atoms with Gasteiger partial charge in [-0.25, -0.2) is 0 Å². The predicted octanol–water partition coefficient (Wildman–Crippen LogP) is 2.33. The molecular weight excluding hydrogens is 224 g/mol. The van der Waals surface area contributed by atoms with E-state index in [-0.39, 0.29) is 0 Å². The zero-order chi connectivity index (χ0) is 12.5. The van der Waals surface area contributed by atoms with Crippen LogP contribution < -0.4 is 15.0 Å². The first-order chi connectivity index (χ1) is 8.79. The Bertz CT molecular complexity index is 433. The highest BCUT2D eigenvalue weighted by molar-refractivity contribution is 5.61. The lowest BCUT2D eigenvalue weighted by Gasteiger charge is -2.39. The van der Waals surface area contributed by atoms with Crippen LogP contribution in [-0.4, -0.2) is 32.3 Å². The summed E-state index contributed by atoms with van der Waals surface area (Å²) in [6, 6.07) is 7.80. The molecule has 1 N–H and O–H groups in total. The number of piperidine rings is 1. The van der Waals surface area contributed by atoms with E-state index in [1.807, 2.05) is 0 Å². The van der Waals surface area contributed by atoms with Gasteiger partial charge in [0.15, 0.2) is 0 Å². The quantitative estimate of drug-likeness (QED) is 0.867. The van der Waals surface area contributed by atoms with Crippen molar-refractivity contribution in [3.05, 3.63) is 23.8 Å². The Labute approximate surface area is 109 Å². The molecule has 2 aliphatic rings. The number of aryl methyl sites for hydroxylation is 1. The molecule has 0 radical (unpaired) electrons. The first-order valence-electron chi connectivity index (χ1n) is 6.94. The van der Waals surface area contributed by atoms with Crippen molar-refractivity contribution in [2.75, 3.05) is 25.1 Å². The zero-order valence-corrected chi connectivity index (χ0v) is 11.3. The second kappa shape index (κ2) is 4.81. The van der Waals surface area contributed by atoms with Crippen molar-refractivity contribution >= 4 is 5.69 Å². The number of benzene rings is 1. The lowest BCUT2D eigenvalue weighted by Crippen LogP contribution is -2.48. The van der Waals surface area contributed by atoms with Gasteiger partial charge in [0, 0.05) is 18.6 Å². The van der Waals surface area contributed by atoms with Crippen molar-refractivity contribution in [2.24, 2.45) is 0 Å². The van der Waals surface area contributed by atoms with Crippen LogP contribution in [0.2, 0.25) is 0 Å². The average Bonchev–Trinajstić information content (AvgIpc) is 2.86. The van der Waals surface area contributed by atoms with E-state index in [9.17, 15) is 0 Å². The second-order valence-electron chi connectivity index (χ2n) is 5.43. The maximum atomic E-state index is 5.54. The summed E-state index contributed by atoms with van der Waals surface area (Å²) < 4.78 is 5.54. The Morgan fingerprint density at radius 1 is 1.33 bits per heavy atom. The minimum Gasteiger partial charge on any atom is -0.495 e. The highest BCUT2D eigenvalue weighted by Crippen LogP contribution is 2.36. The molecule has 2 unspecified atom stereocenters. The van der Waals surface area contributed by atoms with Gasteiger partial charge in [-0.1, -0.05) is 6.07 Å². The first kappa shape index (κ1) is 11.8. The molecule has 2 atom stereocenters. The average molecular weight is 246 g/mol. The normalized spacial score (nSPS) is 27.1. The maximum Gasteiger partial charge on any atom is 0.142 e. The molecule has 0 aromatic heterocycles. The lowest BCUT2D eigenvalue weighted by molar-refractivity contribution is 0.391. The van der Waals surface area contributed by atoms with Gasteiger partial charge in [0.05, 0.1) is 12.8 Å². The first-order valence-corrected chi connectivity index (χ1v) is 6.94. The van der Waals surface area contributed by atoms with Crippen molar-refractivity contribution in [3.8, 4) is 5.75 Å². The molecular formula is C15H22N2O. The fraction of sp³-hybridized carbons (Fsp3) is 0.600. The number of nitrogens with one attached hydrogen (secondary N) is 1. The summed E-state index contributed by atoms with van der Waals surface area (Å²) in [5.74, 6) is 1.01.